The Labute approximate surface area is 96.6 Å². The van der Waals surface area contributed by atoms with Gasteiger partial charge in [0, 0.05) is 27.1 Å². The minimum atomic E-state index is 0.357. The smallest absolute Gasteiger partial charge is 0.141 e. The molecule has 0 aliphatic heterocycles. The molecule has 14 heavy (non-hydrogen) atoms. The van der Waals surface area contributed by atoms with E-state index < -0.39 is 0 Å². The van der Waals surface area contributed by atoms with Crippen LogP contribution in [0.15, 0.2) is 15.9 Å². The zero-order valence-electron chi connectivity index (χ0n) is 7.96. The number of Topliss-reactive ketones (excluding diaryl/α,β-unsaturated/α-hetero) is 1. The van der Waals surface area contributed by atoms with Gasteiger partial charge >= 0.3 is 0 Å². The van der Waals surface area contributed by atoms with E-state index in [0.29, 0.717) is 18.1 Å². The molecule has 1 nitrogen and oxygen atoms in total. The van der Waals surface area contributed by atoms with Crippen LogP contribution in [0.3, 0.4) is 0 Å². The minimum Gasteiger partial charge on any atom is -0.299 e. The average molecular weight is 273 g/mol. The molecular formula is C11H13BrOS. The van der Waals surface area contributed by atoms with Crippen molar-refractivity contribution in [1.29, 1.82) is 0 Å². The van der Waals surface area contributed by atoms with Gasteiger partial charge in [0.2, 0.25) is 0 Å². The highest BCUT2D eigenvalue weighted by Crippen LogP contribution is 2.28. The van der Waals surface area contributed by atoms with Gasteiger partial charge in [0.1, 0.15) is 5.78 Å². The van der Waals surface area contributed by atoms with Gasteiger partial charge in [0.15, 0.2) is 0 Å². The fraction of sp³-hybridized carbons (Fsp3) is 0.545. The van der Waals surface area contributed by atoms with Crippen molar-refractivity contribution in [1.82, 2.24) is 0 Å². The Bertz CT molecular complexity index is 326. The van der Waals surface area contributed by atoms with E-state index in [2.05, 4.69) is 22.0 Å². The van der Waals surface area contributed by atoms with Crippen LogP contribution in [0.1, 0.15) is 30.6 Å². The lowest BCUT2D eigenvalue weighted by molar-refractivity contribution is -0.121. The molecule has 0 saturated heterocycles. The van der Waals surface area contributed by atoms with Gasteiger partial charge < -0.3 is 0 Å². The van der Waals surface area contributed by atoms with E-state index in [4.69, 9.17) is 0 Å². The van der Waals surface area contributed by atoms with Crippen molar-refractivity contribution < 1.29 is 4.79 Å². The normalized spacial score (nSPS) is 17.5. The molecule has 0 atom stereocenters. The van der Waals surface area contributed by atoms with Gasteiger partial charge in [0.25, 0.3) is 0 Å². The van der Waals surface area contributed by atoms with Crippen molar-refractivity contribution in [2.45, 2.75) is 32.1 Å². The standard InChI is InChI=1S/C11H13BrOS/c12-9-5-10(14-7-9)6-11(13)8-3-1-2-4-8/h5,7-8H,1-4,6H2. The Morgan fingerprint density at radius 2 is 2.21 bits per heavy atom. The number of halogens is 1. The van der Waals surface area contributed by atoms with Crippen LogP contribution in [0.25, 0.3) is 0 Å². The van der Waals surface area contributed by atoms with E-state index in [1.807, 2.05) is 5.38 Å². The molecule has 0 bridgehead atoms. The lowest BCUT2D eigenvalue weighted by Gasteiger charge is -2.05. The third-order valence-corrected chi connectivity index (χ3v) is 4.48. The second kappa shape index (κ2) is 4.58. The summed E-state index contributed by atoms with van der Waals surface area (Å²) >= 11 is 5.07. The predicted octanol–water partition coefficient (Wildman–Crippen LogP) is 3.81. The highest BCUT2D eigenvalue weighted by atomic mass is 79.9. The molecule has 76 valence electrons. The van der Waals surface area contributed by atoms with Crippen molar-refractivity contribution in [2.24, 2.45) is 5.92 Å². The summed E-state index contributed by atoms with van der Waals surface area (Å²) in [4.78, 5) is 13.0. The molecule has 0 unspecified atom stereocenters. The highest BCUT2D eigenvalue weighted by molar-refractivity contribution is 9.10. The fourth-order valence-electron chi connectivity index (χ4n) is 2.01. The maximum atomic E-state index is 11.8. The molecule has 1 saturated carbocycles. The van der Waals surface area contributed by atoms with E-state index in [1.165, 1.54) is 17.7 Å². The summed E-state index contributed by atoms with van der Waals surface area (Å²) in [7, 11) is 0. The summed E-state index contributed by atoms with van der Waals surface area (Å²) < 4.78 is 1.09. The number of hydrogen-bond acceptors (Lipinski definition) is 2. The number of thiophene rings is 1. The van der Waals surface area contributed by atoms with Gasteiger partial charge in [-0.15, -0.1) is 11.3 Å². The third kappa shape index (κ3) is 2.45. The Morgan fingerprint density at radius 3 is 2.79 bits per heavy atom. The van der Waals surface area contributed by atoms with Crippen molar-refractivity contribution >= 4 is 33.0 Å². The number of hydrogen-bond donors (Lipinski definition) is 0. The van der Waals surface area contributed by atoms with Crippen molar-refractivity contribution in [3.63, 3.8) is 0 Å². The van der Waals surface area contributed by atoms with Crippen LogP contribution in [0, 0.1) is 5.92 Å². The predicted molar refractivity (Wildman–Crippen MR) is 62.7 cm³/mol. The summed E-state index contributed by atoms with van der Waals surface area (Å²) in [6.45, 7) is 0. The van der Waals surface area contributed by atoms with Crippen LogP contribution in [-0.2, 0) is 11.2 Å². The second-order valence-corrected chi connectivity index (χ2v) is 5.77. The molecule has 3 heteroatoms. The monoisotopic (exact) mass is 272 g/mol. The number of carbonyl (C=O) groups is 1. The highest BCUT2D eigenvalue weighted by Gasteiger charge is 2.22. The average Bonchev–Trinajstić information content (AvgIpc) is 2.75. The lowest BCUT2D eigenvalue weighted by Crippen LogP contribution is -2.12. The second-order valence-electron chi connectivity index (χ2n) is 3.86. The molecule has 0 spiro atoms. The van der Waals surface area contributed by atoms with E-state index in [9.17, 15) is 4.79 Å². The zero-order valence-corrected chi connectivity index (χ0v) is 10.4. The zero-order chi connectivity index (χ0) is 9.97. The Balaban J connectivity index is 1.93. The van der Waals surface area contributed by atoms with Crippen molar-refractivity contribution in [2.75, 3.05) is 0 Å². The molecule has 0 amide bonds. The molecule has 1 aliphatic carbocycles. The largest absolute Gasteiger partial charge is 0.299 e. The molecule has 0 aromatic carbocycles. The van der Waals surface area contributed by atoms with Gasteiger partial charge in [-0.2, -0.15) is 0 Å². The minimum absolute atomic E-state index is 0.357. The van der Waals surface area contributed by atoms with Crippen LogP contribution in [-0.4, -0.2) is 5.78 Å². The Morgan fingerprint density at radius 1 is 1.50 bits per heavy atom. The lowest BCUT2D eigenvalue weighted by atomic mass is 10.00. The quantitative estimate of drug-likeness (QED) is 0.818. The third-order valence-electron chi connectivity index (χ3n) is 2.78. The Kier molecular flexibility index (Phi) is 3.39. The SMILES string of the molecule is O=C(Cc1cc(Br)cs1)C1CCCC1. The van der Waals surface area contributed by atoms with Crippen LogP contribution in [0.2, 0.25) is 0 Å². The molecule has 0 N–H and O–H groups in total. The van der Waals surface area contributed by atoms with Gasteiger partial charge in [-0.25, -0.2) is 0 Å². The van der Waals surface area contributed by atoms with E-state index in [1.54, 1.807) is 11.3 Å². The van der Waals surface area contributed by atoms with Gasteiger partial charge in [-0.05, 0) is 34.8 Å². The molecule has 0 radical (unpaired) electrons. The van der Waals surface area contributed by atoms with Crippen LogP contribution in [0.5, 0.6) is 0 Å². The van der Waals surface area contributed by atoms with Crippen molar-refractivity contribution in [3.05, 3.63) is 20.8 Å². The van der Waals surface area contributed by atoms with E-state index >= 15 is 0 Å². The van der Waals surface area contributed by atoms with Crippen LogP contribution in [0.4, 0.5) is 0 Å². The molecule has 1 aromatic rings. The molecule has 2 rings (SSSR count). The first kappa shape index (κ1) is 10.4. The van der Waals surface area contributed by atoms with E-state index in [0.717, 1.165) is 17.3 Å². The number of carbonyl (C=O) groups excluding carboxylic acids is 1. The summed E-state index contributed by atoms with van der Waals surface area (Å²) in [6, 6.07) is 2.05. The van der Waals surface area contributed by atoms with Gasteiger partial charge in [-0.3, -0.25) is 4.79 Å². The first-order valence-electron chi connectivity index (χ1n) is 5.01. The molecule has 1 aliphatic rings. The van der Waals surface area contributed by atoms with Gasteiger partial charge in [-0.1, -0.05) is 12.8 Å². The van der Waals surface area contributed by atoms with Crippen LogP contribution >= 0.6 is 27.3 Å². The Hall–Kier alpha value is -0.150. The maximum absolute atomic E-state index is 11.8. The number of ketones is 1. The van der Waals surface area contributed by atoms with E-state index in [-0.39, 0.29) is 0 Å². The molecular weight excluding hydrogens is 260 g/mol. The van der Waals surface area contributed by atoms with Gasteiger partial charge in [0.05, 0.1) is 0 Å². The maximum Gasteiger partial charge on any atom is 0.141 e. The summed E-state index contributed by atoms with van der Waals surface area (Å²) in [5.41, 5.74) is 0. The number of rotatable bonds is 3. The first-order chi connectivity index (χ1) is 6.75. The first-order valence-corrected chi connectivity index (χ1v) is 6.68. The van der Waals surface area contributed by atoms with Crippen LogP contribution < -0.4 is 0 Å². The summed E-state index contributed by atoms with van der Waals surface area (Å²) in [5, 5.41) is 2.04. The summed E-state index contributed by atoms with van der Waals surface area (Å²) in [5.74, 6) is 0.799. The molecule has 1 heterocycles. The molecule has 1 fully saturated rings. The van der Waals surface area contributed by atoms with Crippen molar-refractivity contribution in [3.8, 4) is 0 Å². The topological polar surface area (TPSA) is 17.1 Å². The summed E-state index contributed by atoms with van der Waals surface area (Å²) in [6.07, 6.45) is 5.35. The fourth-order valence-corrected chi connectivity index (χ4v) is 3.47. The molecule has 1 aromatic heterocycles.